The predicted molar refractivity (Wildman–Crippen MR) is 134 cm³/mol. The monoisotopic (exact) mass is 412 g/mol. The molecule has 0 saturated heterocycles. The van der Waals surface area contributed by atoms with Crippen LogP contribution in [-0.2, 0) is 0 Å². The van der Waals surface area contributed by atoms with Crippen molar-refractivity contribution in [2.45, 2.75) is 6.92 Å². The standard InChI is InChI=1S/C31H24O/c1-23-9-5-10-24(19-23)25-11-6-12-26(20-25)27-13-7-14-28(21-27)29-15-8-18-31(22-29)32-30-16-3-2-4-17-30/h2-22H,1H3. The third-order valence-corrected chi connectivity index (χ3v) is 5.56. The third-order valence-electron chi connectivity index (χ3n) is 5.56. The van der Waals surface area contributed by atoms with E-state index in [2.05, 4.69) is 91.9 Å². The van der Waals surface area contributed by atoms with Crippen molar-refractivity contribution >= 4 is 0 Å². The molecule has 0 spiro atoms. The normalized spacial score (nSPS) is 10.7. The van der Waals surface area contributed by atoms with Gasteiger partial charge in [0.2, 0.25) is 0 Å². The Morgan fingerprint density at radius 3 is 1.38 bits per heavy atom. The van der Waals surface area contributed by atoms with Gasteiger partial charge >= 0.3 is 0 Å². The van der Waals surface area contributed by atoms with Crippen LogP contribution in [0.1, 0.15) is 5.56 Å². The molecule has 1 nitrogen and oxygen atoms in total. The number of benzene rings is 5. The zero-order chi connectivity index (χ0) is 21.8. The Bertz CT molecular complexity index is 1350. The van der Waals surface area contributed by atoms with Gasteiger partial charge < -0.3 is 4.74 Å². The molecule has 0 radical (unpaired) electrons. The summed E-state index contributed by atoms with van der Waals surface area (Å²) in [7, 11) is 0. The molecule has 5 aromatic carbocycles. The molecule has 5 rings (SSSR count). The van der Waals surface area contributed by atoms with Gasteiger partial charge in [-0.3, -0.25) is 0 Å². The van der Waals surface area contributed by atoms with Gasteiger partial charge in [-0.2, -0.15) is 0 Å². The number of hydrogen-bond acceptors (Lipinski definition) is 1. The highest BCUT2D eigenvalue weighted by atomic mass is 16.5. The molecule has 0 heterocycles. The van der Waals surface area contributed by atoms with Crippen molar-refractivity contribution in [2.75, 3.05) is 0 Å². The molecule has 0 aliphatic carbocycles. The fraction of sp³-hybridized carbons (Fsp3) is 0.0323. The lowest BCUT2D eigenvalue weighted by molar-refractivity contribution is 0.483. The number of para-hydroxylation sites is 1. The first kappa shape index (κ1) is 19.8. The van der Waals surface area contributed by atoms with Crippen LogP contribution in [-0.4, -0.2) is 0 Å². The van der Waals surface area contributed by atoms with Crippen LogP contribution in [0.3, 0.4) is 0 Å². The average Bonchev–Trinajstić information content (AvgIpc) is 2.85. The maximum absolute atomic E-state index is 6.03. The number of ether oxygens (including phenoxy) is 1. The molecule has 154 valence electrons. The Labute approximate surface area is 189 Å². The zero-order valence-corrected chi connectivity index (χ0v) is 18.0. The molecular formula is C31H24O. The second-order valence-corrected chi connectivity index (χ2v) is 7.97. The fourth-order valence-corrected chi connectivity index (χ4v) is 3.95. The molecule has 0 aliphatic rings. The van der Waals surface area contributed by atoms with Crippen molar-refractivity contribution in [3.63, 3.8) is 0 Å². The van der Waals surface area contributed by atoms with Gasteiger partial charge in [-0.1, -0.05) is 96.6 Å². The van der Waals surface area contributed by atoms with Gasteiger partial charge in [-0.05, 0) is 76.7 Å². The topological polar surface area (TPSA) is 9.23 Å². The lowest BCUT2D eigenvalue weighted by Gasteiger charge is -2.10. The number of rotatable bonds is 5. The summed E-state index contributed by atoms with van der Waals surface area (Å²) in [5, 5.41) is 0. The molecule has 1 heteroatoms. The van der Waals surface area contributed by atoms with Crippen LogP contribution in [0, 0.1) is 6.92 Å². The first-order valence-corrected chi connectivity index (χ1v) is 10.9. The van der Waals surface area contributed by atoms with Crippen LogP contribution in [0.2, 0.25) is 0 Å². The van der Waals surface area contributed by atoms with E-state index in [9.17, 15) is 0 Å². The van der Waals surface area contributed by atoms with Crippen LogP contribution in [0.4, 0.5) is 0 Å². The van der Waals surface area contributed by atoms with E-state index in [1.165, 1.54) is 33.4 Å². The van der Waals surface area contributed by atoms with Gasteiger partial charge in [-0.25, -0.2) is 0 Å². The minimum atomic E-state index is 0.834. The Balaban J connectivity index is 1.46. The van der Waals surface area contributed by atoms with Crippen molar-refractivity contribution in [1.29, 1.82) is 0 Å². The molecule has 0 bridgehead atoms. The SMILES string of the molecule is Cc1cccc(-c2cccc(-c3cccc(-c4cccc(Oc5ccccc5)c4)c3)c2)c1. The van der Waals surface area contributed by atoms with Gasteiger partial charge in [0.1, 0.15) is 11.5 Å². The molecule has 0 unspecified atom stereocenters. The summed E-state index contributed by atoms with van der Waals surface area (Å²) >= 11 is 0. The van der Waals surface area contributed by atoms with Crippen LogP contribution in [0.15, 0.2) is 127 Å². The van der Waals surface area contributed by atoms with E-state index in [1.54, 1.807) is 0 Å². The van der Waals surface area contributed by atoms with Gasteiger partial charge in [0.25, 0.3) is 0 Å². The van der Waals surface area contributed by atoms with Gasteiger partial charge in [0, 0.05) is 0 Å². The molecular weight excluding hydrogens is 388 g/mol. The highest BCUT2D eigenvalue weighted by molar-refractivity contribution is 5.77. The van der Waals surface area contributed by atoms with E-state index in [0.29, 0.717) is 0 Å². The van der Waals surface area contributed by atoms with Crippen LogP contribution < -0.4 is 4.74 Å². The van der Waals surface area contributed by atoms with E-state index >= 15 is 0 Å². The Hall–Kier alpha value is -4.10. The minimum absolute atomic E-state index is 0.834. The van der Waals surface area contributed by atoms with E-state index in [-0.39, 0.29) is 0 Å². The molecule has 0 atom stereocenters. The molecule has 5 aromatic rings. The van der Waals surface area contributed by atoms with Crippen molar-refractivity contribution in [1.82, 2.24) is 0 Å². The van der Waals surface area contributed by atoms with Crippen molar-refractivity contribution in [2.24, 2.45) is 0 Å². The second-order valence-electron chi connectivity index (χ2n) is 7.97. The highest BCUT2D eigenvalue weighted by Crippen LogP contribution is 2.32. The molecule has 0 N–H and O–H groups in total. The Morgan fingerprint density at radius 2 is 0.812 bits per heavy atom. The zero-order valence-electron chi connectivity index (χ0n) is 18.0. The van der Waals surface area contributed by atoms with Crippen LogP contribution in [0.5, 0.6) is 11.5 Å². The summed E-state index contributed by atoms with van der Waals surface area (Å²) < 4.78 is 6.03. The van der Waals surface area contributed by atoms with E-state index in [4.69, 9.17) is 4.74 Å². The summed E-state index contributed by atoms with van der Waals surface area (Å²) in [6.07, 6.45) is 0. The van der Waals surface area contributed by atoms with E-state index < -0.39 is 0 Å². The highest BCUT2D eigenvalue weighted by Gasteiger charge is 2.06. The fourth-order valence-electron chi connectivity index (χ4n) is 3.95. The van der Waals surface area contributed by atoms with Gasteiger partial charge in [0.15, 0.2) is 0 Å². The summed E-state index contributed by atoms with van der Waals surface area (Å²) in [4.78, 5) is 0. The van der Waals surface area contributed by atoms with Crippen molar-refractivity contribution in [3.8, 4) is 44.9 Å². The maximum atomic E-state index is 6.03. The van der Waals surface area contributed by atoms with Gasteiger partial charge in [0.05, 0.1) is 0 Å². The van der Waals surface area contributed by atoms with Crippen LogP contribution >= 0.6 is 0 Å². The first-order valence-electron chi connectivity index (χ1n) is 10.9. The smallest absolute Gasteiger partial charge is 0.128 e. The molecule has 0 saturated carbocycles. The first-order chi connectivity index (χ1) is 15.7. The van der Waals surface area contributed by atoms with Crippen LogP contribution in [0.25, 0.3) is 33.4 Å². The number of aryl methyl sites for hydroxylation is 1. The van der Waals surface area contributed by atoms with E-state index in [0.717, 1.165) is 17.1 Å². The lowest BCUT2D eigenvalue weighted by Crippen LogP contribution is -1.86. The quantitative estimate of drug-likeness (QED) is 0.280. The van der Waals surface area contributed by atoms with E-state index in [1.807, 2.05) is 42.5 Å². The average molecular weight is 413 g/mol. The Morgan fingerprint density at radius 1 is 0.375 bits per heavy atom. The largest absolute Gasteiger partial charge is 0.457 e. The summed E-state index contributed by atoms with van der Waals surface area (Å²) in [5.41, 5.74) is 8.46. The molecule has 0 aliphatic heterocycles. The minimum Gasteiger partial charge on any atom is -0.457 e. The third kappa shape index (κ3) is 4.48. The molecule has 0 aromatic heterocycles. The lowest BCUT2D eigenvalue weighted by atomic mass is 9.96. The summed E-state index contributed by atoms with van der Waals surface area (Å²) in [6.45, 7) is 2.13. The Kier molecular flexibility index (Phi) is 5.55. The molecule has 0 amide bonds. The predicted octanol–water partition coefficient (Wildman–Crippen LogP) is 8.79. The van der Waals surface area contributed by atoms with Crippen molar-refractivity contribution in [3.05, 3.63) is 133 Å². The van der Waals surface area contributed by atoms with Gasteiger partial charge in [-0.15, -0.1) is 0 Å². The maximum Gasteiger partial charge on any atom is 0.128 e. The second kappa shape index (κ2) is 8.95. The summed E-state index contributed by atoms with van der Waals surface area (Å²) in [6, 6.07) is 44.2. The molecule has 32 heavy (non-hydrogen) atoms. The van der Waals surface area contributed by atoms with Crippen molar-refractivity contribution < 1.29 is 4.74 Å². The molecule has 0 fully saturated rings. The number of hydrogen-bond donors (Lipinski definition) is 0. The summed E-state index contributed by atoms with van der Waals surface area (Å²) in [5.74, 6) is 1.67.